The van der Waals surface area contributed by atoms with E-state index in [0.717, 1.165) is 6.42 Å². The van der Waals surface area contributed by atoms with E-state index in [-0.39, 0.29) is 5.69 Å². The van der Waals surface area contributed by atoms with Gasteiger partial charge in [0.2, 0.25) is 17.1 Å². The molecule has 0 bridgehead atoms. The first-order valence-electron chi connectivity index (χ1n) is 6.49. The number of nitrogens with one attached hydrogen (secondary N) is 2. The third-order valence-electron chi connectivity index (χ3n) is 2.58. The van der Waals surface area contributed by atoms with E-state index in [2.05, 4.69) is 30.5 Å². The molecule has 0 radical (unpaired) electrons. The molecule has 9 nitrogen and oxygen atoms in total. The van der Waals surface area contributed by atoms with Crippen LogP contribution in [0.3, 0.4) is 0 Å². The van der Waals surface area contributed by atoms with E-state index in [1.54, 1.807) is 16.5 Å². The van der Waals surface area contributed by atoms with Gasteiger partial charge in [0.25, 0.3) is 0 Å². The highest BCUT2D eigenvalue weighted by Gasteiger charge is 2.14. The number of rotatable bonds is 6. The maximum Gasteiger partial charge on any atom is 0.343 e. The van der Waals surface area contributed by atoms with Crippen molar-refractivity contribution < 1.29 is 0 Å². The van der Waals surface area contributed by atoms with Crippen LogP contribution in [0.4, 0.5) is 11.9 Å². The molecule has 21 heavy (non-hydrogen) atoms. The Kier molecular flexibility index (Phi) is 4.78. The van der Waals surface area contributed by atoms with Crippen molar-refractivity contribution in [3.63, 3.8) is 0 Å². The van der Waals surface area contributed by atoms with Crippen molar-refractivity contribution in [2.45, 2.75) is 30.2 Å². The molecule has 0 spiro atoms. The Morgan fingerprint density at radius 2 is 2.10 bits per heavy atom. The summed E-state index contributed by atoms with van der Waals surface area (Å²) in [6.07, 6.45) is 0.842. The molecule has 0 atom stereocenters. The second-order valence-corrected chi connectivity index (χ2v) is 5.39. The Bertz CT molecular complexity index is 664. The molecule has 10 heteroatoms. The van der Waals surface area contributed by atoms with Crippen molar-refractivity contribution in [1.82, 2.24) is 29.7 Å². The van der Waals surface area contributed by atoms with Gasteiger partial charge in [-0.15, -0.1) is 5.10 Å². The summed E-state index contributed by atoms with van der Waals surface area (Å²) in [4.78, 5) is 26.3. The smallest absolute Gasteiger partial charge is 0.343 e. The fourth-order valence-electron chi connectivity index (χ4n) is 1.59. The number of aromatic nitrogens is 6. The van der Waals surface area contributed by atoms with Crippen LogP contribution in [0.25, 0.3) is 0 Å². The van der Waals surface area contributed by atoms with Crippen LogP contribution in [0.15, 0.2) is 15.1 Å². The Morgan fingerprint density at radius 1 is 1.33 bits per heavy atom. The minimum Gasteiger partial charge on any atom is -0.357 e. The van der Waals surface area contributed by atoms with Gasteiger partial charge in [-0.05, 0) is 18.2 Å². The summed E-state index contributed by atoms with van der Waals surface area (Å²) in [6, 6.07) is 0. The molecular formula is C11H18N8OS. The normalized spacial score (nSPS) is 10.7. The molecule has 0 aliphatic heterocycles. The van der Waals surface area contributed by atoms with E-state index in [1.807, 2.05) is 21.0 Å². The predicted octanol–water partition coefficient (Wildman–Crippen LogP) is 0.425. The van der Waals surface area contributed by atoms with Crippen molar-refractivity contribution in [3.8, 4) is 0 Å². The Morgan fingerprint density at radius 3 is 2.71 bits per heavy atom. The summed E-state index contributed by atoms with van der Waals surface area (Å²) < 4.78 is 1.57. The average Bonchev–Trinajstić information content (AvgIpc) is 2.80. The van der Waals surface area contributed by atoms with Gasteiger partial charge in [-0.2, -0.15) is 15.0 Å². The van der Waals surface area contributed by atoms with Crippen LogP contribution >= 0.6 is 11.8 Å². The number of hydrogen-bond donors (Lipinski definition) is 2. The summed E-state index contributed by atoms with van der Waals surface area (Å²) in [5.74, 6) is 1.01. The third-order valence-corrected chi connectivity index (χ3v) is 3.44. The zero-order valence-corrected chi connectivity index (χ0v) is 13.2. The standard InChI is InChI=1S/C11H18N8OS/c1-5-6-19-10(20)16-17-11(19)21-9-14-7(12-2)13-8(15-9)18(3)4/h5-6H2,1-4H3,(H,16,20)(H,12,13,14,15). The molecule has 2 rings (SSSR count). The van der Waals surface area contributed by atoms with Gasteiger partial charge in [-0.3, -0.25) is 4.57 Å². The lowest BCUT2D eigenvalue weighted by Gasteiger charge is -2.12. The van der Waals surface area contributed by atoms with Crippen molar-refractivity contribution in [2.75, 3.05) is 31.4 Å². The quantitative estimate of drug-likeness (QED) is 0.791. The summed E-state index contributed by atoms with van der Waals surface area (Å²) in [5, 5.41) is 10.4. The van der Waals surface area contributed by atoms with Gasteiger partial charge in [0.15, 0.2) is 5.16 Å². The lowest BCUT2D eigenvalue weighted by molar-refractivity contribution is 0.603. The van der Waals surface area contributed by atoms with Crippen molar-refractivity contribution in [1.29, 1.82) is 0 Å². The summed E-state index contributed by atoms with van der Waals surface area (Å²) in [7, 11) is 5.44. The molecule has 0 fully saturated rings. The van der Waals surface area contributed by atoms with Gasteiger partial charge < -0.3 is 10.2 Å². The fourth-order valence-corrected chi connectivity index (χ4v) is 2.39. The van der Waals surface area contributed by atoms with Crippen molar-refractivity contribution >= 4 is 23.7 Å². The van der Waals surface area contributed by atoms with Crippen LogP contribution in [0, 0.1) is 0 Å². The summed E-state index contributed by atoms with van der Waals surface area (Å²) in [5.41, 5.74) is -0.227. The summed E-state index contributed by atoms with van der Waals surface area (Å²) in [6.45, 7) is 2.60. The van der Waals surface area contributed by atoms with Crippen molar-refractivity contribution in [3.05, 3.63) is 10.5 Å². The molecule has 2 aromatic heterocycles. The maximum atomic E-state index is 11.7. The highest BCUT2D eigenvalue weighted by molar-refractivity contribution is 7.99. The van der Waals surface area contributed by atoms with Gasteiger partial charge in [-0.25, -0.2) is 9.89 Å². The van der Waals surface area contributed by atoms with Gasteiger partial charge in [0.05, 0.1) is 0 Å². The maximum absolute atomic E-state index is 11.7. The Labute approximate surface area is 126 Å². The number of aromatic amines is 1. The third kappa shape index (κ3) is 3.51. The second kappa shape index (κ2) is 6.57. The molecule has 0 aromatic carbocycles. The highest BCUT2D eigenvalue weighted by atomic mass is 32.2. The second-order valence-electron chi connectivity index (χ2n) is 4.45. The number of H-pyrrole nitrogens is 1. The van der Waals surface area contributed by atoms with Gasteiger partial charge in [0.1, 0.15) is 0 Å². The van der Waals surface area contributed by atoms with Gasteiger partial charge in [0, 0.05) is 27.7 Å². The summed E-state index contributed by atoms with van der Waals surface area (Å²) >= 11 is 1.23. The van der Waals surface area contributed by atoms with E-state index in [1.165, 1.54) is 11.8 Å². The molecule has 0 saturated heterocycles. The predicted molar refractivity (Wildman–Crippen MR) is 81.0 cm³/mol. The highest BCUT2D eigenvalue weighted by Crippen LogP contribution is 2.23. The first-order valence-corrected chi connectivity index (χ1v) is 7.31. The van der Waals surface area contributed by atoms with E-state index in [9.17, 15) is 4.79 Å². The monoisotopic (exact) mass is 310 g/mol. The van der Waals surface area contributed by atoms with Crippen molar-refractivity contribution in [2.24, 2.45) is 0 Å². The SMILES string of the molecule is CCCn1c(Sc2nc(NC)nc(N(C)C)n2)n[nH]c1=O. The Balaban J connectivity index is 2.35. The zero-order valence-electron chi connectivity index (χ0n) is 12.4. The average molecular weight is 310 g/mol. The first-order chi connectivity index (χ1) is 10.0. The topological polar surface area (TPSA) is 105 Å². The lowest BCUT2D eigenvalue weighted by Crippen LogP contribution is -2.17. The minimum absolute atomic E-state index is 0.227. The molecule has 0 amide bonds. The van der Waals surface area contributed by atoms with Gasteiger partial charge >= 0.3 is 5.69 Å². The zero-order chi connectivity index (χ0) is 15.4. The van der Waals surface area contributed by atoms with E-state index >= 15 is 0 Å². The van der Waals surface area contributed by atoms with Crippen LogP contribution in [-0.2, 0) is 6.54 Å². The molecule has 0 aliphatic rings. The number of nitrogens with zero attached hydrogens (tertiary/aromatic N) is 6. The Hall–Kier alpha value is -2.10. The van der Waals surface area contributed by atoms with Crippen LogP contribution in [-0.4, -0.2) is 50.9 Å². The molecule has 2 N–H and O–H groups in total. The lowest BCUT2D eigenvalue weighted by atomic mass is 10.5. The van der Waals surface area contributed by atoms with Gasteiger partial charge in [-0.1, -0.05) is 6.92 Å². The van der Waals surface area contributed by atoms with Crippen LogP contribution in [0.5, 0.6) is 0 Å². The molecule has 2 heterocycles. The molecule has 2 aromatic rings. The van der Waals surface area contributed by atoms with E-state index in [4.69, 9.17) is 0 Å². The van der Waals surface area contributed by atoms with E-state index in [0.29, 0.717) is 28.8 Å². The molecular weight excluding hydrogens is 292 g/mol. The van der Waals surface area contributed by atoms with E-state index < -0.39 is 0 Å². The minimum atomic E-state index is -0.227. The molecule has 0 saturated carbocycles. The fraction of sp³-hybridized carbons (Fsp3) is 0.545. The molecule has 0 unspecified atom stereocenters. The van der Waals surface area contributed by atoms with Crippen LogP contribution in [0.2, 0.25) is 0 Å². The molecule has 0 aliphatic carbocycles. The van der Waals surface area contributed by atoms with Crippen LogP contribution in [0.1, 0.15) is 13.3 Å². The first kappa shape index (κ1) is 15.3. The largest absolute Gasteiger partial charge is 0.357 e. The number of hydrogen-bond acceptors (Lipinski definition) is 8. The molecule has 114 valence electrons. The number of anilines is 2. The van der Waals surface area contributed by atoms with Crippen LogP contribution < -0.4 is 15.9 Å².